The van der Waals surface area contributed by atoms with Gasteiger partial charge in [0.15, 0.2) is 11.6 Å². The number of carbonyl (C=O) groups excluding carboxylic acids is 1. The topological polar surface area (TPSA) is 83.9 Å². The molecule has 3 unspecified atom stereocenters. The maximum Gasteiger partial charge on any atom is 0.273 e. The van der Waals surface area contributed by atoms with E-state index in [0.29, 0.717) is 29.5 Å². The Morgan fingerprint density at radius 2 is 1.88 bits per heavy atom. The predicted octanol–water partition coefficient (Wildman–Crippen LogP) is 3.79. The molecular weight excluding hydrogens is 407 g/mol. The lowest BCUT2D eigenvalue weighted by atomic mass is 9.76. The van der Waals surface area contributed by atoms with Gasteiger partial charge >= 0.3 is 0 Å². The minimum absolute atomic E-state index is 0.0555. The van der Waals surface area contributed by atoms with Gasteiger partial charge in [0.2, 0.25) is 0 Å². The van der Waals surface area contributed by atoms with Crippen LogP contribution in [0.15, 0.2) is 43.0 Å². The number of piperidine rings is 2. The third-order valence-electron chi connectivity index (χ3n) is 6.49. The van der Waals surface area contributed by atoms with Gasteiger partial charge in [0.05, 0.1) is 24.0 Å². The molecule has 5 heterocycles. The number of hydrogen-bond acceptors (Lipinski definition) is 6. The number of rotatable bonds is 4. The maximum absolute atomic E-state index is 13.7. The van der Waals surface area contributed by atoms with Crippen LogP contribution in [0.5, 0.6) is 0 Å². The Kier molecular flexibility index (Phi) is 5.28. The SMILES string of the molecule is Cc1ccc(NC2CC3CCC2N(C(=O)c2nccc(C)c2-c2ncc(F)cn2)C3)nc1. The van der Waals surface area contributed by atoms with Crippen molar-refractivity contribution in [2.24, 2.45) is 5.92 Å². The molecule has 2 aliphatic heterocycles. The fourth-order valence-corrected chi connectivity index (χ4v) is 4.91. The summed E-state index contributed by atoms with van der Waals surface area (Å²) in [5, 5.41) is 3.55. The maximum atomic E-state index is 13.7. The minimum atomic E-state index is -0.518. The molecule has 3 aromatic heterocycles. The first kappa shape index (κ1) is 20.5. The Balaban J connectivity index is 1.45. The molecule has 8 heteroatoms. The van der Waals surface area contributed by atoms with Gasteiger partial charge < -0.3 is 10.2 Å². The highest BCUT2D eigenvalue weighted by atomic mass is 19.1. The van der Waals surface area contributed by atoms with Crippen molar-refractivity contribution in [3.63, 3.8) is 0 Å². The number of aromatic nitrogens is 4. The molecule has 7 nitrogen and oxygen atoms in total. The quantitative estimate of drug-likeness (QED) is 0.675. The summed E-state index contributed by atoms with van der Waals surface area (Å²) < 4.78 is 13.4. The fraction of sp³-hybridized carbons (Fsp3) is 0.375. The van der Waals surface area contributed by atoms with Gasteiger partial charge in [0.25, 0.3) is 5.91 Å². The van der Waals surface area contributed by atoms with Crippen molar-refractivity contribution in [2.45, 2.75) is 45.2 Å². The number of fused-ring (bicyclic) bond motifs is 3. The average Bonchev–Trinajstić information content (AvgIpc) is 2.81. The predicted molar refractivity (Wildman–Crippen MR) is 119 cm³/mol. The normalized spacial score (nSPS) is 22.1. The minimum Gasteiger partial charge on any atom is -0.365 e. The largest absolute Gasteiger partial charge is 0.365 e. The van der Waals surface area contributed by atoms with Gasteiger partial charge in [0.1, 0.15) is 11.5 Å². The lowest BCUT2D eigenvalue weighted by molar-refractivity contribution is 0.0277. The summed E-state index contributed by atoms with van der Waals surface area (Å²) in [5.74, 6) is 0.919. The third kappa shape index (κ3) is 3.81. The Morgan fingerprint density at radius 3 is 2.59 bits per heavy atom. The number of amides is 1. The van der Waals surface area contributed by atoms with Crippen LogP contribution in [0.3, 0.4) is 0 Å². The number of hydrogen-bond donors (Lipinski definition) is 1. The van der Waals surface area contributed by atoms with E-state index in [9.17, 15) is 9.18 Å². The molecule has 1 N–H and O–H groups in total. The molecule has 3 aliphatic rings. The van der Waals surface area contributed by atoms with E-state index in [1.807, 2.05) is 43.1 Å². The van der Waals surface area contributed by atoms with Gasteiger partial charge in [-0.3, -0.25) is 9.78 Å². The summed E-state index contributed by atoms with van der Waals surface area (Å²) in [6, 6.07) is 6.02. The van der Waals surface area contributed by atoms with Crippen molar-refractivity contribution in [3.05, 3.63) is 65.6 Å². The highest BCUT2D eigenvalue weighted by Gasteiger charge is 2.44. The number of nitrogens with one attached hydrogen (secondary N) is 1. The molecule has 1 saturated carbocycles. The Hall–Kier alpha value is -3.42. The third-order valence-corrected chi connectivity index (χ3v) is 6.49. The summed E-state index contributed by atoms with van der Waals surface area (Å²) in [5.41, 5.74) is 2.81. The molecule has 164 valence electrons. The molecule has 0 aromatic carbocycles. The zero-order valence-corrected chi connectivity index (χ0v) is 18.1. The van der Waals surface area contributed by atoms with Crippen molar-refractivity contribution < 1.29 is 9.18 Å². The lowest BCUT2D eigenvalue weighted by Crippen LogP contribution is -2.60. The van der Waals surface area contributed by atoms with Crippen LogP contribution >= 0.6 is 0 Å². The first-order chi connectivity index (χ1) is 15.5. The van der Waals surface area contributed by atoms with Crippen LogP contribution in [0.4, 0.5) is 10.2 Å². The van der Waals surface area contributed by atoms with Crippen molar-refractivity contribution >= 4 is 11.7 Å². The summed E-state index contributed by atoms with van der Waals surface area (Å²) in [6.45, 7) is 4.61. The van der Waals surface area contributed by atoms with Gasteiger partial charge in [-0.15, -0.1) is 0 Å². The molecule has 1 amide bonds. The number of anilines is 1. The van der Waals surface area contributed by atoms with Gasteiger partial charge in [-0.05, 0) is 62.3 Å². The molecule has 32 heavy (non-hydrogen) atoms. The first-order valence-electron chi connectivity index (χ1n) is 10.9. The molecular formula is C24H25FN6O. The van der Waals surface area contributed by atoms with E-state index in [1.165, 1.54) is 0 Å². The molecule has 3 aromatic rings. The van der Waals surface area contributed by atoms with E-state index in [2.05, 4.69) is 25.3 Å². The van der Waals surface area contributed by atoms with E-state index in [-0.39, 0.29) is 18.0 Å². The van der Waals surface area contributed by atoms with Gasteiger partial charge in [-0.2, -0.15) is 0 Å². The van der Waals surface area contributed by atoms with Crippen molar-refractivity contribution in [3.8, 4) is 11.4 Å². The highest BCUT2D eigenvalue weighted by molar-refractivity contribution is 5.99. The first-order valence-corrected chi connectivity index (χ1v) is 10.9. The van der Waals surface area contributed by atoms with Gasteiger partial charge in [-0.25, -0.2) is 19.3 Å². The summed E-state index contributed by atoms with van der Waals surface area (Å²) in [6.07, 6.45) is 8.76. The van der Waals surface area contributed by atoms with Crippen molar-refractivity contribution in [1.82, 2.24) is 24.8 Å². The molecule has 3 fully saturated rings. The Labute approximate surface area is 186 Å². The van der Waals surface area contributed by atoms with E-state index in [0.717, 1.165) is 48.6 Å². The van der Waals surface area contributed by atoms with Crippen molar-refractivity contribution in [2.75, 3.05) is 11.9 Å². The van der Waals surface area contributed by atoms with E-state index >= 15 is 0 Å². The molecule has 0 spiro atoms. The number of aryl methyl sites for hydroxylation is 2. The monoisotopic (exact) mass is 432 g/mol. The number of nitrogens with zero attached hydrogens (tertiary/aromatic N) is 5. The van der Waals surface area contributed by atoms with Crippen molar-refractivity contribution in [1.29, 1.82) is 0 Å². The van der Waals surface area contributed by atoms with Crippen LogP contribution in [-0.2, 0) is 0 Å². The summed E-state index contributed by atoms with van der Waals surface area (Å²) in [7, 11) is 0. The average molecular weight is 433 g/mol. The lowest BCUT2D eigenvalue weighted by Gasteiger charge is -2.50. The fourth-order valence-electron chi connectivity index (χ4n) is 4.91. The van der Waals surface area contributed by atoms with Crippen LogP contribution < -0.4 is 5.32 Å². The smallest absolute Gasteiger partial charge is 0.273 e. The zero-order chi connectivity index (χ0) is 22.2. The number of halogens is 1. The standard InChI is InChI=1S/C24H25FN6O/c1-14-3-6-20(27-10-14)30-18-9-16-4-5-19(18)31(13-16)24(32)22-21(15(2)7-8-26-22)23-28-11-17(25)12-29-23/h3,6-8,10-12,16,18-19H,4-5,9,13H2,1-2H3,(H,27,30). The van der Waals surface area contributed by atoms with Crippen LogP contribution in [0, 0.1) is 25.6 Å². The Morgan fingerprint density at radius 1 is 1.06 bits per heavy atom. The van der Waals surface area contributed by atoms with E-state index < -0.39 is 5.82 Å². The van der Waals surface area contributed by atoms with E-state index in [1.54, 1.807) is 6.20 Å². The number of pyridine rings is 2. The second-order valence-electron chi connectivity index (χ2n) is 8.75. The van der Waals surface area contributed by atoms with Crippen LogP contribution in [0.25, 0.3) is 11.4 Å². The molecule has 1 aliphatic carbocycles. The van der Waals surface area contributed by atoms with E-state index in [4.69, 9.17) is 0 Å². The van der Waals surface area contributed by atoms with Crippen LogP contribution in [0.1, 0.15) is 40.9 Å². The second-order valence-corrected chi connectivity index (χ2v) is 8.75. The number of carbonyl (C=O) groups is 1. The summed E-state index contributed by atoms with van der Waals surface area (Å²) in [4.78, 5) is 32.8. The van der Waals surface area contributed by atoms with Crippen LogP contribution in [-0.4, -0.2) is 49.4 Å². The molecule has 0 radical (unpaired) electrons. The van der Waals surface area contributed by atoms with Gasteiger partial charge in [0, 0.05) is 25.0 Å². The molecule has 6 rings (SSSR count). The highest BCUT2D eigenvalue weighted by Crippen LogP contribution is 2.38. The summed E-state index contributed by atoms with van der Waals surface area (Å²) >= 11 is 0. The Bertz CT molecular complexity index is 1130. The molecule has 3 atom stereocenters. The molecule has 2 saturated heterocycles. The van der Waals surface area contributed by atoms with Crippen LogP contribution in [0.2, 0.25) is 0 Å². The second kappa shape index (κ2) is 8.26. The molecule has 2 bridgehead atoms. The van der Waals surface area contributed by atoms with Gasteiger partial charge in [-0.1, -0.05) is 6.07 Å². The zero-order valence-electron chi connectivity index (χ0n) is 18.1.